The number of likely N-dealkylation sites (tertiary alicyclic amines) is 1. The number of thioether (sulfide) groups is 1. The molecule has 1 aromatic carbocycles. The van der Waals surface area contributed by atoms with Crippen LogP contribution in [0.4, 0.5) is 0 Å². The molecule has 1 fully saturated rings. The van der Waals surface area contributed by atoms with E-state index in [0.29, 0.717) is 11.7 Å². The number of hydrogen-bond donors (Lipinski definition) is 1. The van der Waals surface area contributed by atoms with Crippen LogP contribution in [-0.4, -0.2) is 39.8 Å². The van der Waals surface area contributed by atoms with Gasteiger partial charge >= 0.3 is 0 Å². The van der Waals surface area contributed by atoms with E-state index in [-0.39, 0.29) is 5.91 Å². The molecule has 3 rings (SSSR count). The van der Waals surface area contributed by atoms with Gasteiger partial charge in [0.1, 0.15) is 0 Å². The molecule has 1 saturated heterocycles. The largest absolute Gasteiger partial charge is 0.341 e. The average Bonchev–Trinajstić information content (AvgIpc) is 3.11. The van der Waals surface area contributed by atoms with Crippen molar-refractivity contribution < 1.29 is 4.79 Å². The van der Waals surface area contributed by atoms with Gasteiger partial charge < -0.3 is 4.90 Å². The number of nitrogens with zero attached hydrogens (tertiary/aromatic N) is 2. The molecule has 0 saturated carbocycles. The quantitative estimate of drug-likeness (QED) is 0.895. The molecule has 122 valence electrons. The van der Waals surface area contributed by atoms with Crippen LogP contribution in [0.3, 0.4) is 0 Å². The predicted molar refractivity (Wildman–Crippen MR) is 94.8 cm³/mol. The summed E-state index contributed by atoms with van der Waals surface area (Å²) in [6.07, 6.45) is 3.93. The standard InChI is InChI=1S/C17H20ClN3OS/c18-15-6-2-1-4-14(15)11-23-12-17(22)21-9-3-5-13(10-21)16-7-8-19-20-16/h1-2,4,6-8,13H,3,5,9-12H2,(H,19,20)/t13-/m0/s1. The van der Waals surface area contributed by atoms with Gasteiger partial charge in [0, 0.05) is 41.7 Å². The number of carbonyl (C=O) groups excluding carboxylic acids is 1. The fraction of sp³-hybridized carbons (Fsp3) is 0.412. The Bertz CT molecular complexity index is 647. The lowest BCUT2D eigenvalue weighted by atomic mass is 9.95. The van der Waals surface area contributed by atoms with Gasteiger partial charge in [0.05, 0.1) is 5.75 Å². The van der Waals surface area contributed by atoms with E-state index in [4.69, 9.17) is 11.6 Å². The van der Waals surface area contributed by atoms with Crippen LogP contribution in [0, 0.1) is 0 Å². The minimum absolute atomic E-state index is 0.214. The SMILES string of the molecule is O=C(CSCc1ccccc1Cl)N1CCC[C@H](c2ccn[nH]2)C1. The minimum Gasteiger partial charge on any atom is -0.341 e. The van der Waals surface area contributed by atoms with Crippen molar-refractivity contribution in [2.75, 3.05) is 18.8 Å². The van der Waals surface area contributed by atoms with Crippen LogP contribution < -0.4 is 0 Å². The number of H-pyrrole nitrogens is 1. The van der Waals surface area contributed by atoms with Gasteiger partial charge in [-0.05, 0) is 30.5 Å². The van der Waals surface area contributed by atoms with Crippen molar-refractivity contribution in [2.45, 2.75) is 24.5 Å². The maximum Gasteiger partial charge on any atom is 0.232 e. The molecule has 2 aromatic rings. The summed E-state index contributed by atoms with van der Waals surface area (Å²) in [6, 6.07) is 9.80. The topological polar surface area (TPSA) is 49.0 Å². The van der Waals surface area contributed by atoms with Crippen molar-refractivity contribution >= 4 is 29.3 Å². The van der Waals surface area contributed by atoms with Crippen LogP contribution in [-0.2, 0) is 10.5 Å². The molecule has 0 bridgehead atoms. The second-order valence-corrected chi connectivity index (χ2v) is 7.17. The monoisotopic (exact) mass is 349 g/mol. The van der Waals surface area contributed by atoms with Crippen molar-refractivity contribution in [2.24, 2.45) is 0 Å². The van der Waals surface area contributed by atoms with Crippen molar-refractivity contribution in [3.8, 4) is 0 Å². The summed E-state index contributed by atoms with van der Waals surface area (Å²) in [5.74, 6) is 1.86. The van der Waals surface area contributed by atoms with E-state index in [2.05, 4.69) is 10.2 Å². The molecule has 1 aliphatic rings. The van der Waals surface area contributed by atoms with Gasteiger partial charge in [-0.2, -0.15) is 5.10 Å². The summed E-state index contributed by atoms with van der Waals surface area (Å²) in [4.78, 5) is 14.4. The molecule has 1 amide bonds. The molecule has 1 N–H and O–H groups in total. The molecule has 0 unspecified atom stereocenters. The first-order chi connectivity index (χ1) is 11.2. The molecule has 2 heterocycles. The van der Waals surface area contributed by atoms with E-state index in [1.165, 1.54) is 0 Å². The van der Waals surface area contributed by atoms with Gasteiger partial charge in [-0.3, -0.25) is 9.89 Å². The molecule has 0 spiro atoms. The van der Waals surface area contributed by atoms with Crippen molar-refractivity contribution in [1.29, 1.82) is 0 Å². The number of benzene rings is 1. The highest BCUT2D eigenvalue weighted by Gasteiger charge is 2.25. The Morgan fingerprint density at radius 2 is 2.26 bits per heavy atom. The lowest BCUT2D eigenvalue weighted by Gasteiger charge is -2.32. The van der Waals surface area contributed by atoms with E-state index in [9.17, 15) is 4.79 Å². The normalized spacial score (nSPS) is 18.1. The Labute approximate surface area is 145 Å². The number of aromatic nitrogens is 2. The summed E-state index contributed by atoms with van der Waals surface area (Å²) < 4.78 is 0. The highest BCUT2D eigenvalue weighted by atomic mass is 35.5. The number of piperidine rings is 1. The number of carbonyl (C=O) groups is 1. The molecule has 0 radical (unpaired) electrons. The molecule has 1 aromatic heterocycles. The Kier molecular flexibility index (Phi) is 5.62. The average molecular weight is 350 g/mol. The molecule has 0 aliphatic carbocycles. The molecule has 1 aliphatic heterocycles. The maximum atomic E-state index is 12.4. The fourth-order valence-electron chi connectivity index (χ4n) is 2.91. The third-order valence-electron chi connectivity index (χ3n) is 4.18. The molecular weight excluding hydrogens is 330 g/mol. The van der Waals surface area contributed by atoms with Crippen LogP contribution in [0.25, 0.3) is 0 Å². The fourth-order valence-corrected chi connectivity index (χ4v) is 4.12. The Morgan fingerprint density at radius 3 is 3.04 bits per heavy atom. The van der Waals surface area contributed by atoms with Crippen molar-refractivity contribution in [3.63, 3.8) is 0 Å². The third-order valence-corrected chi connectivity index (χ3v) is 5.51. The summed E-state index contributed by atoms with van der Waals surface area (Å²) in [6.45, 7) is 1.64. The Balaban J connectivity index is 1.49. The number of nitrogens with one attached hydrogen (secondary N) is 1. The zero-order valence-corrected chi connectivity index (χ0v) is 14.4. The molecular formula is C17H20ClN3OS. The van der Waals surface area contributed by atoms with Crippen LogP contribution in [0.15, 0.2) is 36.5 Å². The number of amides is 1. The zero-order chi connectivity index (χ0) is 16.1. The van der Waals surface area contributed by atoms with Crippen LogP contribution in [0.2, 0.25) is 5.02 Å². The lowest BCUT2D eigenvalue weighted by molar-refractivity contribution is -0.129. The van der Waals surface area contributed by atoms with Crippen molar-refractivity contribution in [3.05, 3.63) is 52.8 Å². The predicted octanol–water partition coefficient (Wildman–Crippen LogP) is 3.70. The summed E-state index contributed by atoms with van der Waals surface area (Å²) in [5, 5.41) is 7.81. The van der Waals surface area contributed by atoms with E-state index < -0.39 is 0 Å². The Morgan fingerprint density at radius 1 is 1.39 bits per heavy atom. The molecule has 6 heteroatoms. The van der Waals surface area contributed by atoms with Crippen LogP contribution >= 0.6 is 23.4 Å². The second kappa shape index (κ2) is 7.88. The van der Waals surface area contributed by atoms with E-state index in [1.807, 2.05) is 35.2 Å². The highest BCUT2D eigenvalue weighted by molar-refractivity contribution is 7.99. The number of rotatable bonds is 5. The minimum atomic E-state index is 0.214. The second-order valence-electron chi connectivity index (χ2n) is 5.78. The van der Waals surface area contributed by atoms with Gasteiger partial charge in [0.15, 0.2) is 0 Å². The first kappa shape index (κ1) is 16.4. The summed E-state index contributed by atoms with van der Waals surface area (Å²) in [7, 11) is 0. The Hall–Kier alpha value is -1.46. The lowest BCUT2D eigenvalue weighted by Crippen LogP contribution is -2.40. The smallest absolute Gasteiger partial charge is 0.232 e. The summed E-state index contributed by atoms with van der Waals surface area (Å²) in [5.41, 5.74) is 2.21. The molecule has 1 atom stereocenters. The number of hydrogen-bond acceptors (Lipinski definition) is 3. The van der Waals surface area contributed by atoms with E-state index >= 15 is 0 Å². The number of halogens is 1. The highest BCUT2D eigenvalue weighted by Crippen LogP contribution is 2.26. The zero-order valence-electron chi connectivity index (χ0n) is 12.9. The van der Waals surface area contributed by atoms with Gasteiger partial charge in [0.25, 0.3) is 0 Å². The summed E-state index contributed by atoms with van der Waals surface area (Å²) >= 11 is 7.77. The number of aromatic amines is 1. The van der Waals surface area contributed by atoms with Gasteiger partial charge in [0.2, 0.25) is 5.91 Å². The maximum absolute atomic E-state index is 12.4. The molecule has 23 heavy (non-hydrogen) atoms. The third kappa shape index (κ3) is 4.30. The van der Waals surface area contributed by atoms with Gasteiger partial charge in [-0.1, -0.05) is 29.8 Å². The van der Waals surface area contributed by atoms with E-state index in [0.717, 1.165) is 48.0 Å². The van der Waals surface area contributed by atoms with E-state index in [1.54, 1.807) is 18.0 Å². The van der Waals surface area contributed by atoms with Gasteiger partial charge in [-0.25, -0.2) is 0 Å². The van der Waals surface area contributed by atoms with Gasteiger partial charge in [-0.15, -0.1) is 11.8 Å². The van der Waals surface area contributed by atoms with Crippen LogP contribution in [0.5, 0.6) is 0 Å². The first-order valence-corrected chi connectivity index (χ1v) is 9.35. The van der Waals surface area contributed by atoms with Crippen molar-refractivity contribution in [1.82, 2.24) is 15.1 Å². The molecule has 4 nitrogen and oxygen atoms in total. The van der Waals surface area contributed by atoms with Crippen LogP contribution in [0.1, 0.15) is 30.0 Å². The first-order valence-electron chi connectivity index (χ1n) is 7.82.